The SMILES string of the molecule is CCCCCCCCCCCCCc1bcccc1. The van der Waals surface area contributed by atoms with Gasteiger partial charge in [0.25, 0.3) is 0 Å². The van der Waals surface area contributed by atoms with E-state index in [1.807, 2.05) is 0 Å². The normalized spacial score (nSPS) is 10.6. The molecule has 0 spiro atoms. The third-order valence-corrected chi connectivity index (χ3v) is 3.91. The average Bonchev–Trinajstić information content (AvgIpc) is 2.46. The summed E-state index contributed by atoms with van der Waals surface area (Å²) < 4.78 is 0. The number of unbranched alkanes of at least 4 members (excludes halogenated alkanes) is 10. The van der Waals surface area contributed by atoms with Crippen molar-refractivity contribution in [1.29, 1.82) is 0 Å². The van der Waals surface area contributed by atoms with Gasteiger partial charge in [0.05, 0.1) is 0 Å². The van der Waals surface area contributed by atoms with E-state index in [-0.39, 0.29) is 0 Å². The van der Waals surface area contributed by atoms with Crippen LogP contribution in [0.25, 0.3) is 0 Å². The molecule has 0 aliphatic rings. The molecule has 0 radical (unpaired) electrons. The van der Waals surface area contributed by atoms with Gasteiger partial charge in [-0.25, -0.2) is 0 Å². The predicted molar refractivity (Wildman–Crippen MR) is 88.0 cm³/mol. The Morgan fingerprint density at radius 2 is 1.32 bits per heavy atom. The molecule has 0 fully saturated rings. The van der Waals surface area contributed by atoms with Gasteiger partial charge in [0.2, 0.25) is 0 Å². The van der Waals surface area contributed by atoms with Gasteiger partial charge in [-0.15, -0.1) is 0 Å². The Morgan fingerprint density at radius 1 is 0.737 bits per heavy atom. The molecule has 0 aliphatic carbocycles. The zero-order chi connectivity index (χ0) is 13.6. The van der Waals surface area contributed by atoms with Gasteiger partial charge in [-0.1, -0.05) is 13.3 Å². The molecule has 1 heteroatoms. The fourth-order valence-electron chi connectivity index (χ4n) is 2.64. The molecule has 0 aliphatic heterocycles. The number of hydrogen-bond donors (Lipinski definition) is 0. The van der Waals surface area contributed by atoms with Crippen molar-refractivity contribution in [3.8, 4) is 0 Å². The number of rotatable bonds is 12. The van der Waals surface area contributed by atoms with Crippen LogP contribution >= 0.6 is 0 Å². The van der Waals surface area contributed by atoms with Gasteiger partial charge in [0, 0.05) is 0 Å². The van der Waals surface area contributed by atoms with Crippen LogP contribution in [0.4, 0.5) is 0 Å². The van der Waals surface area contributed by atoms with E-state index in [0.717, 1.165) is 0 Å². The second-order valence-corrected chi connectivity index (χ2v) is 5.77. The molecule has 1 heterocycles. The number of aryl methyl sites for hydroxylation is 1. The summed E-state index contributed by atoms with van der Waals surface area (Å²) in [6.45, 7) is 4.53. The molecule has 0 saturated heterocycles. The molecule has 19 heavy (non-hydrogen) atoms. The van der Waals surface area contributed by atoms with E-state index in [0.29, 0.717) is 0 Å². The number of hydrogen-bond acceptors (Lipinski definition) is 0. The average molecular weight is 258 g/mol. The molecule has 106 valence electrons. The van der Waals surface area contributed by atoms with Crippen LogP contribution in [0, 0.1) is 0 Å². The molecule has 0 nitrogen and oxygen atoms in total. The second-order valence-electron chi connectivity index (χ2n) is 5.77. The predicted octanol–water partition coefficient (Wildman–Crippen LogP) is 5.88. The van der Waals surface area contributed by atoms with Gasteiger partial charge in [-0.3, -0.25) is 0 Å². The van der Waals surface area contributed by atoms with Crippen LogP contribution in [-0.2, 0) is 6.42 Å². The molecule has 1 aromatic rings. The van der Waals surface area contributed by atoms with Gasteiger partial charge in [-0.2, -0.15) is 0 Å². The molecule has 0 unspecified atom stereocenters. The van der Waals surface area contributed by atoms with Gasteiger partial charge in [0.1, 0.15) is 0 Å². The minimum absolute atomic E-state index is 1.26. The van der Waals surface area contributed by atoms with E-state index in [2.05, 4.69) is 38.0 Å². The van der Waals surface area contributed by atoms with Crippen molar-refractivity contribution in [2.45, 2.75) is 84.0 Å². The molecular formula is C18H31B. The Labute approximate surface area is 121 Å². The van der Waals surface area contributed by atoms with Crippen LogP contribution in [0.1, 0.15) is 83.0 Å². The summed E-state index contributed by atoms with van der Waals surface area (Å²) in [7, 11) is 0. The van der Waals surface area contributed by atoms with Crippen LogP contribution in [0.15, 0.2) is 24.2 Å². The van der Waals surface area contributed by atoms with Crippen LogP contribution < -0.4 is 0 Å². The van der Waals surface area contributed by atoms with Gasteiger partial charge in [0.15, 0.2) is 0 Å². The van der Waals surface area contributed by atoms with Crippen LogP contribution in [0.3, 0.4) is 0 Å². The van der Waals surface area contributed by atoms with Crippen molar-refractivity contribution in [2.24, 2.45) is 0 Å². The molecule has 0 amide bonds. The molecule has 0 bridgehead atoms. The zero-order valence-electron chi connectivity index (χ0n) is 12.9. The summed E-state index contributed by atoms with van der Waals surface area (Å²) in [5.41, 5.74) is 1.50. The summed E-state index contributed by atoms with van der Waals surface area (Å²) >= 11 is 0. The van der Waals surface area contributed by atoms with E-state index >= 15 is 0 Å². The first kappa shape index (κ1) is 16.5. The van der Waals surface area contributed by atoms with Crippen molar-refractivity contribution >= 4 is 6.91 Å². The molecule has 0 saturated carbocycles. The van der Waals surface area contributed by atoms with Crippen molar-refractivity contribution in [1.82, 2.24) is 0 Å². The first-order valence-electron chi connectivity index (χ1n) is 8.47. The standard InChI is InChI=1S/C18H31B/c1-2-3-4-5-6-7-8-9-10-11-12-15-18-16-13-14-17-19-18/h13-14,16-17H,2-12,15H2,1H3. The van der Waals surface area contributed by atoms with Crippen molar-refractivity contribution in [3.63, 3.8) is 0 Å². The topological polar surface area (TPSA) is 0 Å². The zero-order valence-corrected chi connectivity index (χ0v) is 12.9. The fourth-order valence-corrected chi connectivity index (χ4v) is 2.64. The summed E-state index contributed by atoms with van der Waals surface area (Å²) in [6.07, 6.45) is 17.0. The van der Waals surface area contributed by atoms with Crippen LogP contribution in [0.5, 0.6) is 0 Å². The Morgan fingerprint density at radius 3 is 1.84 bits per heavy atom. The second kappa shape index (κ2) is 12.4. The van der Waals surface area contributed by atoms with E-state index in [9.17, 15) is 0 Å². The summed E-state index contributed by atoms with van der Waals surface area (Å²) in [4.78, 5) is 0. The summed E-state index contributed by atoms with van der Waals surface area (Å²) in [6, 6.07) is 6.49. The molecule has 0 atom stereocenters. The maximum absolute atomic E-state index is 2.29. The fraction of sp³-hybridized carbons (Fsp3) is 0.722. The molecular weight excluding hydrogens is 227 g/mol. The van der Waals surface area contributed by atoms with Crippen molar-refractivity contribution < 1.29 is 0 Å². The first-order valence-corrected chi connectivity index (χ1v) is 8.47. The van der Waals surface area contributed by atoms with E-state index in [4.69, 9.17) is 0 Å². The molecule has 0 aromatic carbocycles. The Bertz CT molecular complexity index is 281. The molecule has 0 N–H and O–H groups in total. The summed E-state index contributed by atoms with van der Waals surface area (Å²) in [5, 5.41) is 0. The molecule has 1 aromatic heterocycles. The monoisotopic (exact) mass is 258 g/mol. The quantitative estimate of drug-likeness (QED) is 0.411. The van der Waals surface area contributed by atoms with Gasteiger partial charge >= 0.3 is 107 Å². The Kier molecular flexibility index (Phi) is 10.8. The van der Waals surface area contributed by atoms with E-state index < -0.39 is 0 Å². The third kappa shape index (κ3) is 9.93. The van der Waals surface area contributed by atoms with E-state index in [1.165, 1.54) is 82.5 Å². The first-order chi connectivity index (χ1) is 9.43. The Hall–Kier alpha value is -0.585. The minimum atomic E-state index is 1.26. The van der Waals surface area contributed by atoms with Crippen molar-refractivity contribution in [3.05, 3.63) is 29.6 Å². The maximum atomic E-state index is 2.29. The Balaban J connectivity index is 1.79. The van der Waals surface area contributed by atoms with Gasteiger partial charge < -0.3 is 0 Å². The van der Waals surface area contributed by atoms with Crippen LogP contribution in [-0.4, -0.2) is 6.91 Å². The van der Waals surface area contributed by atoms with Crippen molar-refractivity contribution in [2.75, 3.05) is 0 Å². The van der Waals surface area contributed by atoms with Gasteiger partial charge in [-0.05, 0) is 0 Å². The third-order valence-electron chi connectivity index (χ3n) is 3.91. The summed E-state index contributed by atoms with van der Waals surface area (Å²) in [5.74, 6) is 2.15. The van der Waals surface area contributed by atoms with Crippen LogP contribution in [0.2, 0.25) is 0 Å². The molecule has 1 rings (SSSR count). The van der Waals surface area contributed by atoms with E-state index in [1.54, 1.807) is 0 Å².